The zero-order valence-corrected chi connectivity index (χ0v) is 36.0. The Morgan fingerprint density at radius 3 is 2.08 bits per heavy atom. The molecule has 0 radical (unpaired) electrons. The van der Waals surface area contributed by atoms with E-state index in [0.29, 0.717) is 50.5 Å². The SMILES string of the molecule is CN(C)c1ccc(N=Nc2ccc(N3C(=O)C4CC=C5C(CC6C(=O)N(Nc7ncc(C(F)(F)F)cc7Cl)C(=O)C6(c6ccc(Cl)cc6)C5c5cc(Cl)ccc5O)C4C3=O)cc2)cc1. The van der Waals surface area contributed by atoms with Crippen LogP contribution in [-0.2, 0) is 30.8 Å². The number of fused-ring (bicyclic) bond motifs is 4. The van der Waals surface area contributed by atoms with Gasteiger partial charge < -0.3 is 10.0 Å². The van der Waals surface area contributed by atoms with E-state index in [1.807, 2.05) is 43.3 Å². The average Bonchev–Trinajstić information content (AvgIpc) is 3.65. The Kier molecular flexibility index (Phi) is 10.8. The summed E-state index contributed by atoms with van der Waals surface area (Å²) in [5, 5.41) is 20.9. The molecule has 2 aliphatic carbocycles. The van der Waals surface area contributed by atoms with Gasteiger partial charge in [-0.05, 0) is 109 Å². The summed E-state index contributed by atoms with van der Waals surface area (Å²) in [5.74, 6) is -8.36. The number of hydrazine groups is 1. The summed E-state index contributed by atoms with van der Waals surface area (Å²) in [6.07, 6.45) is -2.49. The van der Waals surface area contributed by atoms with Crippen LogP contribution >= 0.6 is 34.8 Å². The number of phenols is 1. The predicted octanol–water partition coefficient (Wildman–Crippen LogP) is 10.4. The maximum atomic E-state index is 15.4. The Morgan fingerprint density at radius 1 is 0.812 bits per heavy atom. The first-order valence-electron chi connectivity index (χ1n) is 20.0. The maximum absolute atomic E-state index is 15.4. The number of nitrogens with zero attached hydrogens (tertiary/aromatic N) is 6. The molecule has 0 bridgehead atoms. The van der Waals surface area contributed by atoms with Crippen LogP contribution in [0.1, 0.15) is 35.4 Å². The fourth-order valence-electron chi connectivity index (χ4n) is 9.74. The number of hydrogen-bond donors (Lipinski definition) is 2. The number of amides is 4. The lowest BCUT2D eigenvalue weighted by Gasteiger charge is -2.50. The Morgan fingerprint density at radius 2 is 1.45 bits per heavy atom. The Labute approximate surface area is 378 Å². The van der Waals surface area contributed by atoms with E-state index in [2.05, 4.69) is 20.6 Å². The number of aromatic hydroxyl groups is 1. The number of carbonyl (C=O) groups excluding carboxylic acids is 4. The van der Waals surface area contributed by atoms with Crippen molar-refractivity contribution in [1.29, 1.82) is 0 Å². The van der Waals surface area contributed by atoms with Crippen LogP contribution in [0.4, 0.5) is 41.7 Å². The van der Waals surface area contributed by atoms with Crippen LogP contribution in [0.3, 0.4) is 0 Å². The van der Waals surface area contributed by atoms with E-state index < -0.39 is 81.2 Å². The third-order valence-electron chi connectivity index (χ3n) is 12.6. The lowest BCUT2D eigenvalue weighted by Crippen LogP contribution is -2.53. The molecular weight excluding hydrogens is 894 g/mol. The van der Waals surface area contributed by atoms with Crippen LogP contribution in [0.5, 0.6) is 5.75 Å². The predicted molar refractivity (Wildman–Crippen MR) is 234 cm³/mol. The van der Waals surface area contributed by atoms with Crippen LogP contribution in [0.15, 0.2) is 125 Å². The number of allylic oxidation sites excluding steroid dienone is 2. The minimum Gasteiger partial charge on any atom is -0.508 e. The van der Waals surface area contributed by atoms with Crippen molar-refractivity contribution in [3.63, 3.8) is 0 Å². The zero-order valence-electron chi connectivity index (χ0n) is 33.7. The molecule has 6 unspecified atom stereocenters. The molecule has 6 atom stereocenters. The molecule has 2 N–H and O–H groups in total. The topological polar surface area (TPSA) is 148 Å². The highest BCUT2D eigenvalue weighted by molar-refractivity contribution is 6.33. The highest BCUT2D eigenvalue weighted by Crippen LogP contribution is 2.65. The molecule has 3 heterocycles. The van der Waals surface area contributed by atoms with Crippen molar-refractivity contribution < 1.29 is 37.5 Å². The molecule has 2 saturated heterocycles. The van der Waals surface area contributed by atoms with Gasteiger partial charge in [0, 0.05) is 47.5 Å². The first kappa shape index (κ1) is 43.0. The summed E-state index contributed by atoms with van der Waals surface area (Å²) in [6, 6.07) is 25.2. The molecule has 1 saturated carbocycles. The number of rotatable bonds is 8. The number of anilines is 3. The molecule has 0 spiro atoms. The van der Waals surface area contributed by atoms with Gasteiger partial charge in [0.15, 0.2) is 5.82 Å². The number of halogens is 6. The Balaban J connectivity index is 1.11. The summed E-state index contributed by atoms with van der Waals surface area (Å²) < 4.78 is 40.7. The number of azo groups is 1. The van der Waals surface area contributed by atoms with Crippen molar-refractivity contribution in [3.8, 4) is 5.75 Å². The molecule has 4 aromatic carbocycles. The fourth-order valence-corrected chi connectivity index (χ4v) is 10.3. The standard InChI is InChI=1S/C46H35Cl3F3N7O5/c1-57(2)29-12-8-27(9-13-29)54-55-28-10-14-30(15-11-28)58-41(61)32-17-16-31-33(38(32)43(58)63)21-35-42(62)59(56-40-36(49)19-24(22-53-40)46(50,51)52)44(64)45(35,23-3-5-25(47)6-4-23)39(31)34-20-26(48)7-18-37(34)60/h3-16,18-20,22,32-33,35,38-39,60H,17,21H2,1-2H3,(H,53,56). The molecule has 9 rings (SSSR count). The van der Waals surface area contributed by atoms with E-state index in [-0.39, 0.29) is 29.2 Å². The summed E-state index contributed by atoms with van der Waals surface area (Å²) in [7, 11) is 3.86. The average molecular weight is 929 g/mol. The molecule has 64 heavy (non-hydrogen) atoms. The Bertz CT molecular complexity index is 2810. The van der Waals surface area contributed by atoms with Gasteiger partial charge in [-0.25, -0.2) is 4.98 Å². The van der Waals surface area contributed by atoms with Crippen molar-refractivity contribution >= 4 is 87.0 Å². The fraction of sp³-hybridized carbons (Fsp3) is 0.239. The smallest absolute Gasteiger partial charge is 0.417 e. The van der Waals surface area contributed by atoms with Gasteiger partial charge in [-0.1, -0.05) is 58.6 Å². The summed E-state index contributed by atoms with van der Waals surface area (Å²) >= 11 is 19.2. The normalized spacial score (nSPS) is 24.2. The number of benzene rings is 4. The lowest BCUT2D eigenvalue weighted by molar-refractivity contribution is -0.139. The number of pyridine rings is 1. The zero-order chi connectivity index (χ0) is 45.4. The second-order valence-electron chi connectivity index (χ2n) is 16.3. The second-order valence-corrected chi connectivity index (χ2v) is 17.5. The summed E-state index contributed by atoms with van der Waals surface area (Å²) in [5.41, 5.74) is 3.00. The van der Waals surface area contributed by atoms with Gasteiger partial charge >= 0.3 is 6.18 Å². The van der Waals surface area contributed by atoms with Crippen molar-refractivity contribution in [2.45, 2.75) is 30.4 Å². The lowest BCUT2D eigenvalue weighted by atomic mass is 9.49. The van der Waals surface area contributed by atoms with E-state index in [1.54, 1.807) is 54.6 Å². The number of alkyl halides is 3. The molecule has 5 aromatic rings. The van der Waals surface area contributed by atoms with Crippen LogP contribution in [0, 0.1) is 23.7 Å². The third kappa shape index (κ3) is 7.06. The van der Waals surface area contributed by atoms with Crippen molar-refractivity contribution in [1.82, 2.24) is 9.99 Å². The quantitative estimate of drug-likeness (QED) is 0.0888. The Hall–Kier alpha value is -6.29. The van der Waals surface area contributed by atoms with Gasteiger partial charge in [0.2, 0.25) is 11.8 Å². The van der Waals surface area contributed by atoms with Crippen molar-refractivity contribution in [2.75, 3.05) is 29.3 Å². The minimum atomic E-state index is -4.78. The highest BCUT2D eigenvalue weighted by atomic mass is 35.5. The van der Waals surface area contributed by atoms with E-state index in [4.69, 9.17) is 34.8 Å². The molecule has 2 aliphatic heterocycles. The van der Waals surface area contributed by atoms with Crippen molar-refractivity contribution in [2.24, 2.45) is 33.9 Å². The molecule has 326 valence electrons. The molecular formula is C46H35Cl3F3N7O5. The molecule has 3 fully saturated rings. The molecule has 18 heteroatoms. The molecule has 4 aliphatic rings. The van der Waals surface area contributed by atoms with Gasteiger partial charge in [0.1, 0.15) is 5.75 Å². The monoisotopic (exact) mass is 927 g/mol. The van der Waals surface area contributed by atoms with E-state index in [9.17, 15) is 32.7 Å². The van der Waals surface area contributed by atoms with Crippen LogP contribution in [-0.4, -0.2) is 52.8 Å². The van der Waals surface area contributed by atoms with Gasteiger partial charge in [-0.15, -0.1) is 0 Å². The number of imide groups is 2. The van der Waals surface area contributed by atoms with Crippen molar-refractivity contribution in [3.05, 3.63) is 147 Å². The first-order valence-corrected chi connectivity index (χ1v) is 21.1. The third-order valence-corrected chi connectivity index (χ3v) is 13.4. The first-order chi connectivity index (χ1) is 30.5. The second kappa shape index (κ2) is 16.1. The van der Waals surface area contributed by atoms with Crippen LogP contribution in [0.25, 0.3) is 0 Å². The van der Waals surface area contributed by atoms with Gasteiger partial charge in [-0.2, -0.15) is 28.4 Å². The largest absolute Gasteiger partial charge is 0.508 e. The summed E-state index contributed by atoms with van der Waals surface area (Å²) in [4.78, 5) is 66.4. The number of phenolic OH excluding ortho intramolecular Hbond substituents is 1. The molecule has 4 amide bonds. The minimum absolute atomic E-state index is 0.0882. The maximum Gasteiger partial charge on any atom is 0.417 e. The van der Waals surface area contributed by atoms with Gasteiger partial charge in [0.25, 0.3) is 11.8 Å². The van der Waals surface area contributed by atoms with E-state index in [1.165, 1.54) is 18.2 Å². The molecule has 12 nitrogen and oxygen atoms in total. The number of aromatic nitrogens is 1. The molecule has 1 aromatic heterocycles. The van der Waals surface area contributed by atoms with Crippen LogP contribution < -0.4 is 15.2 Å². The number of hydrogen-bond acceptors (Lipinski definition) is 10. The van der Waals surface area contributed by atoms with Crippen LogP contribution in [0.2, 0.25) is 15.1 Å². The number of carbonyl (C=O) groups is 4. The summed E-state index contributed by atoms with van der Waals surface area (Å²) in [6.45, 7) is 0. The highest BCUT2D eigenvalue weighted by Gasteiger charge is 2.71. The van der Waals surface area contributed by atoms with E-state index >= 15 is 4.79 Å². The van der Waals surface area contributed by atoms with Gasteiger partial charge in [0.05, 0.1) is 50.8 Å². The van der Waals surface area contributed by atoms with Gasteiger partial charge in [-0.3, -0.25) is 29.5 Å². The number of nitrogens with one attached hydrogen (secondary N) is 1. The van der Waals surface area contributed by atoms with E-state index in [0.717, 1.165) is 10.6 Å².